The maximum absolute atomic E-state index is 2.58. The van der Waals surface area contributed by atoms with Crippen LogP contribution in [0.1, 0.15) is 52.9 Å². The molecule has 3 aliphatic rings. The summed E-state index contributed by atoms with van der Waals surface area (Å²) in [6.45, 7) is 7.70. The van der Waals surface area contributed by atoms with Crippen molar-refractivity contribution in [2.24, 2.45) is 16.7 Å². The average Bonchev–Trinajstić information content (AvgIpc) is 2.68. The van der Waals surface area contributed by atoms with Gasteiger partial charge in [-0.1, -0.05) is 42.4 Å². The third-order valence-electron chi connectivity index (χ3n) is 5.74. The highest BCUT2D eigenvalue weighted by atomic mass is 33.1. The number of hydrogen-bond acceptors (Lipinski definition) is 2. The monoisotopic (exact) mass is 242 g/mol. The maximum Gasteiger partial charge on any atom is 0.0371 e. The van der Waals surface area contributed by atoms with E-state index in [9.17, 15) is 0 Å². The summed E-state index contributed by atoms with van der Waals surface area (Å²) in [5, 5.41) is 0. The van der Waals surface area contributed by atoms with Crippen molar-refractivity contribution >= 4 is 21.6 Å². The van der Waals surface area contributed by atoms with Crippen LogP contribution in [-0.2, 0) is 0 Å². The van der Waals surface area contributed by atoms with Crippen molar-refractivity contribution < 1.29 is 0 Å². The first-order valence-corrected chi connectivity index (χ1v) is 8.64. The first-order valence-electron chi connectivity index (χ1n) is 6.33. The molecule has 3 fully saturated rings. The van der Waals surface area contributed by atoms with E-state index >= 15 is 0 Å². The molecule has 0 amide bonds. The Morgan fingerprint density at radius 1 is 1.13 bits per heavy atom. The van der Waals surface area contributed by atoms with Crippen LogP contribution in [-0.4, -0.2) is 10.5 Å². The quantitative estimate of drug-likeness (QED) is 0.562. The fourth-order valence-corrected chi connectivity index (χ4v) is 8.97. The first kappa shape index (κ1) is 10.8. The highest BCUT2D eigenvalue weighted by Gasteiger charge is 2.69. The molecule has 2 saturated carbocycles. The van der Waals surface area contributed by atoms with Crippen LogP contribution in [0.3, 0.4) is 0 Å². The first-order chi connectivity index (χ1) is 7.02. The normalized spacial score (nSPS) is 52.6. The third kappa shape index (κ3) is 1.14. The van der Waals surface area contributed by atoms with Crippen LogP contribution in [0.25, 0.3) is 0 Å². The smallest absolute Gasteiger partial charge is 0.0371 e. The van der Waals surface area contributed by atoms with E-state index in [1.807, 2.05) is 0 Å². The van der Waals surface area contributed by atoms with Crippen molar-refractivity contribution in [2.75, 3.05) is 5.75 Å². The van der Waals surface area contributed by atoms with Crippen LogP contribution in [0.5, 0.6) is 0 Å². The van der Waals surface area contributed by atoms with Crippen LogP contribution in [0.2, 0.25) is 0 Å². The van der Waals surface area contributed by atoms with E-state index in [-0.39, 0.29) is 0 Å². The van der Waals surface area contributed by atoms with Gasteiger partial charge in [-0.2, -0.15) is 0 Å². The van der Waals surface area contributed by atoms with E-state index in [0.29, 0.717) is 15.6 Å². The van der Waals surface area contributed by atoms with Crippen molar-refractivity contribution in [3.05, 3.63) is 0 Å². The highest BCUT2D eigenvalue weighted by molar-refractivity contribution is 8.77. The predicted octanol–water partition coefficient (Wildman–Crippen LogP) is 4.75. The minimum atomic E-state index is 0.581. The van der Waals surface area contributed by atoms with Crippen molar-refractivity contribution in [3.63, 3.8) is 0 Å². The van der Waals surface area contributed by atoms with Crippen molar-refractivity contribution in [3.8, 4) is 0 Å². The summed E-state index contributed by atoms with van der Waals surface area (Å²) >= 11 is 0. The minimum absolute atomic E-state index is 0.581. The van der Waals surface area contributed by atoms with E-state index in [1.165, 1.54) is 37.9 Å². The fourth-order valence-electron chi connectivity index (χ4n) is 4.73. The van der Waals surface area contributed by atoms with Gasteiger partial charge in [0, 0.05) is 10.5 Å². The Morgan fingerprint density at radius 3 is 2.47 bits per heavy atom. The van der Waals surface area contributed by atoms with Gasteiger partial charge >= 0.3 is 0 Å². The molecule has 2 aliphatic carbocycles. The molecule has 0 aromatic rings. The minimum Gasteiger partial charge on any atom is -0.0935 e. The largest absolute Gasteiger partial charge is 0.0935 e. The lowest BCUT2D eigenvalue weighted by molar-refractivity contribution is 0.101. The lowest BCUT2D eigenvalue weighted by Crippen LogP contribution is -2.51. The summed E-state index contributed by atoms with van der Waals surface area (Å²) in [4.78, 5) is 0. The number of hydrogen-bond donors (Lipinski definition) is 0. The van der Waals surface area contributed by atoms with Crippen LogP contribution >= 0.6 is 21.6 Å². The van der Waals surface area contributed by atoms with Gasteiger partial charge < -0.3 is 0 Å². The lowest BCUT2D eigenvalue weighted by Gasteiger charge is -2.55. The number of rotatable bonds is 0. The molecule has 86 valence electrons. The Kier molecular flexibility index (Phi) is 2.26. The second-order valence-corrected chi connectivity index (χ2v) is 9.27. The van der Waals surface area contributed by atoms with Crippen molar-refractivity contribution in [1.29, 1.82) is 0 Å². The van der Waals surface area contributed by atoms with E-state index in [1.54, 1.807) is 0 Å². The predicted molar refractivity (Wildman–Crippen MR) is 71.2 cm³/mol. The summed E-state index contributed by atoms with van der Waals surface area (Å²) < 4.78 is 0.603. The zero-order valence-electron chi connectivity index (χ0n) is 10.1. The molecule has 1 aliphatic heterocycles. The Bertz CT molecular complexity index is 272. The molecule has 3 atom stereocenters. The SMILES string of the molecule is CC12CCC(C1)C(C)(C)C21CCCSS1. The molecule has 2 heteroatoms. The molecule has 0 N–H and O–H groups in total. The second kappa shape index (κ2) is 3.13. The van der Waals surface area contributed by atoms with Gasteiger partial charge in [0.05, 0.1) is 0 Å². The van der Waals surface area contributed by atoms with Crippen LogP contribution < -0.4 is 0 Å². The van der Waals surface area contributed by atoms with Gasteiger partial charge in [-0.05, 0) is 48.9 Å². The zero-order valence-corrected chi connectivity index (χ0v) is 11.8. The van der Waals surface area contributed by atoms with Gasteiger partial charge in [-0.15, -0.1) is 0 Å². The van der Waals surface area contributed by atoms with Gasteiger partial charge in [0.15, 0.2) is 0 Å². The summed E-state index contributed by atoms with van der Waals surface area (Å²) in [5.41, 5.74) is 1.23. The molecule has 15 heavy (non-hydrogen) atoms. The third-order valence-corrected chi connectivity index (χ3v) is 9.52. The summed E-state index contributed by atoms with van der Waals surface area (Å²) in [6.07, 6.45) is 7.42. The average molecular weight is 242 g/mol. The van der Waals surface area contributed by atoms with Crippen LogP contribution in [0.4, 0.5) is 0 Å². The molecule has 0 aromatic carbocycles. The molecule has 1 heterocycles. The van der Waals surface area contributed by atoms with E-state index in [0.717, 1.165) is 5.92 Å². The topological polar surface area (TPSA) is 0 Å². The van der Waals surface area contributed by atoms with Crippen LogP contribution in [0.15, 0.2) is 0 Å². The molecule has 0 nitrogen and oxygen atoms in total. The summed E-state index contributed by atoms with van der Waals surface area (Å²) in [6, 6.07) is 0. The summed E-state index contributed by atoms with van der Waals surface area (Å²) in [5.74, 6) is 2.39. The Balaban J connectivity index is 2.04. The Morgan fingerprint density at radius 2 is 1.93 bits per heavy atom. The molecular formula is C13H22S2. The van der Waals surface area contributed by atoms with Crippen molar-refractivity contribution in [1.82, 2.24) is 0 Å². The molecule has 3 unspecified atom stereocenters. The maximum atomic E-state index is 2.58. The molecule has 3 rings (SSSR count). The number of fused-ring (bicyclic) bond motifs is 3. The second-order valence-electron chi connectivity index (χ2n) is 6.56. The molecule has 1 spiro atoms. The van der Waals surface area contributed by atoms with Crippen LogP contribution in [0, 0.1) is 16.7 Å². The van der Waals surface area contributed by atoms with Gasteiger partial charge in [-0.3, -0.25) is 0 Å². The Hall–Kier alpha value is 0.700. The summed E-state index contributed by atoms with van der Waals surface area (Å²) in [7, 11) is 4.41. The standard InChI is InChI=1S/C13H22S2/c1-11(2)10-5-7-12(3,9-10)13(11)6-4-8-14-15-13/h10H,4-9H2,1-3H3. The molecule has 0 radical (unpaired) electrons. The molecule has 0 aromatic heterocycles. The zero-order chi connectivity index (χ0) is 10.7. The fraction of sp³-hybridized carbons (Fsp3) is 1.00. The van der Waals surface area contributed by atoms with E-state index in [2.05, 4.69) is 42.4 Å². The van der Waals surface area contributed by atoms with Gasteiger partial charge in [0.2, 0.25) is 0 Å². The molecular weight excluding hydrogens is 220 g/mol. The molecule has 1 saturated heterocycles. The lowest BCUT2D eigenvalue weighted by atomic mass is 9.61. The molecule has 2 bridgehead atoms. The van der Waals surface area contributed by atoms with Gasteiger partial charge in [0.25, 0.3) is 0 Å². The van der Waals surface area contributed by atoms with E-state index in [4.69, 9.17) is 0 Å². The Labute approximate surface area is 102 Å². The van der Waals surface area contributed by atoms with E-state index < -0.39 is 0 Å². The van der Waals surface area contributed by atoms with Gasteiger partial charge in [0.1, 0.15) is 0 Å². The van der Waals surface area contributed by atoms with Crippen molar-refractivity contribution in [2.45, 2.75) is 57.6 Å². The van der Waals surface area contributed by atoms with Gasteiger partial charge in [-0.25, -0.2) is 0 Å². The highest BCUT2D eigenvalue weighted by Crippen LogP contribution is 2.76.